The van der Waals surface area contributed by atoms with Crippen molar-refractivity contribution in [3.63, 3.8) is 0 Å². The number of nitro groups is 1. The molecule has 1 N–H and O–H groups in total. The van der Waals surface area contributed by atoms with Gasteiger partial charge in [-0.25, -0.2) is 4.79 Å². The molecule has 2 rings (SSSR count). The van der Waals surface area contributed by atoms with E-state index >= 15 is 0 Å². The van der Waals surface area contributed by atoms with Crippen LogP contribution in [0.15, 0.2) is 42.5 Å². The molecule has 2 aromatic rings. The summed E-state index contributed by atoms with van der Waals surface area (Å²) in [6.45, 7) is 1.63. The number of benzene rings is 2. The molecule has 0 aliphatic carbocycles. The summed E-state index contributed by atoms with van der Waals surface area (Å²) in [6, 6.07) is 11.3. The van der Waals surface area contributed by atoms with E-state index in [1.54, 1.807) is 43.3 Å². The van der Waals surface area contributed by atoms with E-state index in [0.717, 1.165) is 0 Å². The number of aryl methyl sites for hydroxylation is 1. The molecule has 0 heterocycles. The highest BCUT2D eigenvalue weighted by Gasteiger charge is 2.16. The first kappa shape index (κ1) is 16.2. The van der Waals surface area contributed by atoms with Crippen molar-refractivity contribution >= 4 is 23.3 Å². The van der Waals surface area contributed by atoms with E-state index in [0.29, 0.717) is 22.4 Å². The third-order valence-corrected chi connectivity index (χ3v) is 3.37. The van der Waals surface area contributed by atoms with Gasteiger partial charge in [-0.1, -0.05) is 30.3 Å². The molecule has 0 amide bonds. The fourth-order valence-electron chi connectivity index (χ4n) is 2.20. The zero-order chi connectivity index (χ0) is 17.0. The second kappa shape index (κ2) is 6.74. The molecule has 0 fully saturated rings. The average Bonchev–Trinajstić information content (AvgIpc) is 2.53. The van der Waals surface area contributed by atoms with E-state index in [1.165, 1.54) is 19.3 Å². The van der Waals surface area contributed by atoms with Gasteiger partial charge in [0, 0.05) is 17.2 Å². The number of ether oxygens (including phenoxy) is 1. The standard InChI is InChI=1S/C17H15NO5/c1-11-7-8-12(10-15(11)18(21)22)9-14(17(19)20)13-5-3-4-6-16(13)23-2/h3-10H,1-2H3,(H,19,20)/b14-9-. The van der Waals surface area contributed by atoms with E-state index in [1.807, 2.05) is 0 Å². The third kappa shape index (κ3) is 3.55. The lowest BCUT2D eigenvalue weighted by Crippen LogP contribution is -2.02. The Bertz CT molecular complexity index is 795. The number of rotatable bonds is 5. The molecule has 0 bridgehead atoms. The van der Waals surface area contributed by atoms with Crippen LogP contribution in [0.1, 0.15) is 16.7 Å². The number of carboxylic acid groups (broad SMARTS) is 1. The first-order chi connectivity index (χ1) is 10.9. The Morgan fingerprint density at radius 1 is 1.26 bits per heavy atom. The maximum atomic E-state index is 11.6. The van der Waals surface area contributed by atoms with Gasteiger partial charge in [0.05, 0.1) is 17.6 Å². The highest BCUT2D eigenvalue weighted by molar-refractivity contribution is 6.21. The predicted octanol–water partition coefficient (Wildman–Crippen LogP) is 3.54. The summed E-state index contributed by atoms with van der Waals surface area (Å²) in [6.07, 6.45) is 1.40. The van der Waals surface area contributed by atoms with Crippen LogP contribution < -0.4 is 4.74 Å². The van der Waals surface area contributed by atoms with Crippen molar-refractivity contribution < 1.29 is 19.6 Å². The smallest absolute Gasteiger partial charge is 0.336 e. The first-order valence-corrected chi connectivity index (χ1v) is 6.77. The van der Waals surface area contributed by atoms with Crippen LogP contribution in [0.25, 0.3) is 11.6 Å². The van der Waals surface area contributed by atoms with Gasteiger partial charge in [0.2, 0.25) is 0 Å². The van der Waals surface area contributed by atoms with Crippen molar-refractivity contribution in [2.45, 2.75) is 6.92 Å². The van der Waals surface area contributed by atoms with Crippen LogP contribution >= 0.6 is 0 Å². The van der Waals surface area contributed by atoms with Gasteiger partial charge in [-0.05, 0) is 24.6 Å². The van der Waals surface area contributed by atoms with Crippen LogP contribution in [0, 0.1) is 17.0 Å². The molecule has 0 aliphatic rings. The largest absolute Gasteiger partial charge is 0.496 e. The Morgan fingerprint density at radius 2 is 1.96 bits per heavy atom. The van der Waals surface area contributed by atoms with Crippen LogP contribution in [0.4, 0.5) is 5.69 Å². The lowest BCUT2D eigenvalue weighted by Gasteiger charge is -2.09. The Labute approximate surface area is 132 Å². The molecule has 6 heteroatoms. The highest BCUT2D eigenvalue weighted by atomic mass is 16.6. The van der Waals surface area contributed by atoms with Crippen LogP contribution in [-0.4, -0.2) is 23.1 Å². The van der Waals surface area contributed by atoms with Crippen molar-refractivity contribution in [3.8, 4) is 5.75 Å². The lowest BCUT2D eigenvalue weighted by molar-refractivity contribution is -0.385. The van der Waals surface area contributed by atoms with Gasteiger partial charge in [0.1, 0.15) is 5.75 Å². The van der Waals surface area contributed by atoms with Crippen LogP contribution in [0.5, 0.6) is 5.75 Å². The first-order valence-electron chi connectivity index (χ1n) is 6.77. The number of carboxylic acids is 1. The summed E-state index contributed by atoms with van der Waals surface area (Å²) < 4.78 is 5.18. The normalized spacial score (nSPS) is 11.1. The van der Waals surface area contributed by atoms with E-state index in [2.05, 4.69) is 0 Å². The second-order valence-corrected chi connectivity index (χ2v) is 4.87. The Hall–Kier alpha value is -3.15. The summed E-state index contributed by atoms with van der Waals surface area (Å²) in [5.41, 5.74) is 1.31. The molecule has 2 aromatic carbocycles. The van der Waals surface area contributed by atoms with Gasteiger partial charge >= 0.3 is 5.97 Å². The SMILES string of the molecule is COc1ccccc1/C(=C/c1ccc(C)c([N+](=O)[O-])c1)C(=O)O. The van der Waals surface area contributed by atoms with Crippen molar-refractivity contribution in [1.82, 2.24) is 0 Å². The van der Waals surface area contributed by atoms with Gasteiger partial charge < -0.3 is 9.84 Å². The second-order valence-electron chi connectivity index (χ2n) is 4.87. The van der Waals surface area contributed by atoms with Gasteiger partial charge in [-0.15, -0.1) is 0 Å². The van der Waals surface area contributed by atoms with E-state index in [4.69, 9.17) is 4.74 Å². The highest BCUT2D eigenvalue weighted by Crippen LogP contribution is 2.29. The van der Waals surface area contributed by atoms with Gasteiger partial charge in [0.15, 0.2) is 0 Å². The quantitative estimate of drug-likeness (QED) is 0.394. The summed E-state index contributed by atoms with van der Waals surface area (Å²) in [5.74, 6) is -0.722. The van der Waals surface area contributed by atoms with Crippen molar-refractivity contribution in [2.75, 3.05) is 7.11 Å². The Balaban J connectivity index is 2.58. The Morgan fingerprint density at radius 3 is 2.57 bits per heavy atom. The fourth-order valence-corrected chi connectivity index (χ4v) is 2.20. The van der Waals surface area contributed by atoms with Crippen molar-refractivity contribution in [1.29, 1.82) is 0 Å². The number of nitro benzene ring substituents is 1. The number of hydrogen-bond donors (Lipinski definition) is 1. The average molecular weight is 313 g/mol. The molecule has 0 spiro atoms. The number of methoxy groups -OCH3 is 1. The summed E-state index contributed by atoms with van der Waals surface area (Å²) in [5, 5.41) is 20.5. The molecule has 118 valence electrons. The summed E-state index contributed by atoms with van der Waals surface area (Å²) in [4.78, 5) is 22.1. The monoisotopic (exact) mass is 313 g/mol. The molecule has 0 atom stereocenters. The molecule has 0 aliphatic heterocycles. The maximum absolute atomic E-state index is 11.6. The van der Waals surface area contributed by atoms with E-state index < -0.39 is 10.9 Å². The molecular weight excluding hydrogens is 298 g/mol. The fraction of sp³-hybridized carbons (Fsp3) is 0.118. The minimum atomic E-state index is -1.14. The minimum absolute atomic E-state index is 0.000557. The number of nitrogens with zero attached hydrogens (tertiary/aromatic N) is 1. The maximum Gasteiger partial charge on any atom is 0.336 e. The van der Waals surface area contributed by atoms with Crippen molar-refractivity contribution in [3.05, 3.63) is 69.3 Å². The molecule has 0 saturated heterocycles. The molecule has 0 aromatic heterocycles. The zero-order valence-electron chi connectivity index (χ0n) is 12.6. The molecule has 23 heavy (non-hydrogen) atoms. The molecule has 0 radical (unpaired) electrons. The number of aliphatic carboxylic acids is 1. The minimum Gasteiger partial charge on any atom is -0.496 e. The molecule has 6 nitrogen and oxygen atoms in total. The third-order valence-electron chi connectivity index (χ3n) is 3.37. The van der Waals surface area contributed by atoms with E-state index in [9.17, 15) is 20.0 Å². The zero-order valence-corrected chi connectivity index (χ0v) is 12.6. The van der Waals surface area contributed by atoms with E-state index in [-0.39, 0.29) is 11.3 Å². The number of carbonyl (C=O) groups is 1. The van der Waals surface area contributed by atoms with Gasteiger partial charge in [-0.3, -0.25) is 10.1 Å². The van der Waals surface area contributed by atoms with Crippen LogP contribution in [0.3, 0.4) is 0 Å². The number of hydrogen-bond acceptors (Lipinski definition) is 4. The molecule has 0 unspecified atom stereocenters. The number of para-hydroxylation sites is 1. The van der Waals surface area contributed by atoms with Gasteiger partial charge in [-0.2, -0.15) is 0 Å². The lowest BCUT2D eigenvalue weighted by atomic mass is 10.0. The Kier molecular flexibility index (Phi) is 4.75. The summed E-state index contributed by atoms with van der Waals surface area (Å²) >= 11 is 0. The van der Waals surface area contributed by atoms with Gasteiger partial charge in [0.25, 0.3) is 5.69 Å². The predicted molar refractivity (Wildman–Crippen MR) is 86.3 cm³/mol. The molecular formula is C17H15NO5. The van der Waals surface area contributed by atoms with Crippen LogP contribution in [-0.2, 0) is 4.79 Å². The molecule has 0 saturated carbocycles. The topological polar surface area (TPSA) is 89.7 Å². The van der Waals surface area contributed by atoms with Crippen LogP contribution in [0.2, 0.25) is 0 Å². The van der Waals surface area contributed by atoms with Crippen molar-refractivity contribution in [2.24, 2.45) is 0 Å². The summed E-state index contributed by atoms with van der Waals surface area (Å²) in [7, 11) is 1.45.